The zero-order valence-electron chi connectivity index (χ0n) is 12.0. The Bertz CT molecular complexity index is 686. The van der Waals surface area contributed by atoms with Crippen molar-refractivity contribution in [3.05, 3.63) is 65.0 Å². The van der Waals surface area contributed by atoms with Gasteiger partial charge < -0.3 is 15.5 Å². The van der Waals surface area contributed by atoms with Crippen LogP contribution in [-0.2, 0) is 0 Å². The second-order valence-electron chi connectivity index (χ2n) is 4.70. The molecule has 0 aliphatic rings. The minimum absolute atomic E-state index is 0.00628. The van der Waals surface area contributed by atoms with E-state index in [0.717, 1.165) is 5.56 Å². The fourth-order valence-electron chi connectivity index (χ4n) is 2.15. The van der Waals surface area contributed by atoms with Crippen molar-refractivity contribution in [2.24, 2.45) is 0 Å². The highest BCUT2D eigenvalue weighted by molar-refractivity contribution is 5.95. The molecule has 0 radical (unpaired) electrons. The molecular weight excluding hydrogens is 284 g/mol. The van der Waals surface area contributed by atoms with Gasteiger partial charge in [-0.05, 0) is 17.7 Å². The van der Waals surface area contributed by atoms with E-state index in [9.17, 15) is 19.8 Å². The van der Waals surface area contributed by atoms with Crippen LogP contribution in [0.4, 0.5) is 0 Å². The Morgan fingerprint density at radius 3 is 2.45 bits per heavy atom. The lowest BCUT2D eigenvalue weighted by molar-refractivity contribution is 0.0696. The number of carbonyl (C=O) groups is 2. The predicted molar refractivity (Wildman–Crippen MR) is 80.0 cm³/mol. The summed E-state index contributed by atoms with van der Waals surface area (Å²) >= 11 is 0. The van der Waals surface area contributed by atoms with E-state index in [1.54, 1.807) is 0 Å². The molecule has 114 valence electrons. The van der Waals surface area contributed by atoms with E-state index in [2.05, 4.69) is 10.3 Å². The maximum Gasteiger partial charge on any atom is 0.335 e. The van der Waals surface area contributed by atoms with E-state index in [0.29, 0.717) is 5.69 Å². The lowest BCUT2D eigenvalue weighted by Crippen LogP contribution is -2.21. The summed E-state index contributed by atoms with van der Waals surface area (Å²) < 4.78 is 0. The van der Waals surface area contributed by atoms with Crippen LogP contribution < -0.4 is 5.32 Å². The third-order valence-corrected chi connectivity index (χ3v) is 3.29. The Morgan fingerprint density at radius 1 is 1.23 bits per heavy atom. The Kier molecular flexibility index (Phi) is 4.85. The number of rotatable bonds is 5. The molecule has 0 bridgehead atoms. The normalized spacial score (nSPS) is 11.7. The fraction of sp³-hybridized carbons (Fsp3) is 0.188. The Hall–Kier alpha value is -2.73. The third kappa shape index (κ3) is 3.29. The first kappa shape index (κ1) is 15.7. The average Bonchev–Trinajstić information content (AvgIpc) is 2.55. The van der Waals surface area contributed by atoms with Gasteiger partial charge in [-0.25, -0.2) is 9.78 Å². The van der Waals surface area contributed by atoms with Crippen molar-refractivity contribution in [3.8, 4) is 0 Å². The summed E-state index contributed by atoms with van der Waals surface area (Å²) in [7, 11) is 1.44. The lowest BCUT2D eigenvalue weighted by atomic mass is 9.95. The van der Waals surface area contributed by atoms with Crippen LogP contribution in [-0.4, -0.2) is 40.7 Å². The van der Waals surface area contributed by atoms with Gasteiger partial charge in [-0.2, -0.15) is 0 Å². The molecule has 1 amide bonds. The number of benzene rings is 1. The number of hydrogen-bond donors (Lipinski definition) is 3. The molecule has 6 heteroatoms. The summed E-state index contributed by atoms with van der Waals surface area (Å²) in [5, 5.41) is 21.3. The first-order valence-corrected chi connectivity index (χ1v) is 6.70. The lowest BCUT2D eigenvalue weighted by Gasteiger charge is -2.15. The first-order chi connectivity index (χ1) is 10.6. The van der Waals surface area contributed by atoms with Gasteiger partial charge in [0.2, 0.25) is 0 Å². The molecule has 0 saturated heterocycles. The van der Waals surface area contributed by atoms with Crippen molar-refractivity contribution in [3.63, 3.8) is 0 Å². The van der Waals surface area contributed by atoms with Crippen LogP contribution >= 0.6 is 0 Å². The monoisotopic (exact) mass is 300 g/mol. The topological polar surface area (TPSA) is 99.5 Å². The van der Waals surface area contributed by atoms with Gasteiger partial charge in [0, 0.05) is 13.0 Å². The Balaban J connectivity index is 2.55. The van der Waals surface area contributed by atoms with Gasteiger partial charge in [-0.15, -0.1) is 0 Å². The van der Waals surface area contributed by atoms with Crippen LogP contribution in [0.15, 0.2) is 42.5 Å². The first-order valence-electron chi connectivity index (χ1n) is 6.70. The summed E-state index contributed by atoms with van der Waals surface area (Å²) in [5.41, 5.74) is 1.10. The summed E-state index contributed by atoms with van der Waals surface area (Å²) in [4.78, 5) is 27.2. The number of aromatic carboxylic acids is 1. The zero-order chi connectivity index (χ0) is 16.1. The van der Waals surface area contributed by atoms with Crippen LogP contribution in [0, 0.1) is 0 Å². The van der Waals surface area contributed by atoms with Gasteiger partial charge in [0.15, 0.2) is 0 Å². The third-order valence-electron chi connectivity index (χ3n) is 3.29. The molecule has 0 aliphatic carbocycles. The number of carboxylic acid groups (broad SMARTS) is 1. The largest absolute Gasteiger partial charge is 0.478 e. The SMILES string of the molecule is CNC(=O)c1cc(C(=O)O)cc(C(CO)c2ccccc2)n1. The molecule has 0 saturated carbocycles. The number of carbonyl (C=O) groups excluding carboxylic acids is 1. The number of aliphatic hydroxyl groups is 1. The molecule has 22 heavy (non-hydrogen) atoms. The fourth-order valence-corrected chi connectivity index (χ4v) is 2.15. The molecule has 0 aliphatic heterocycles. The van der Waals surface area contributed by atoms with Crippen LogP contribution in [0.2, 0.25) is 0 Å². The summed E-state index contributed by atoms with van der Waals surface area (Å²) in [6, 6.07) is 11.7. The second kappa shape index (κ2) is 6.82. The number of amides is 1. The molecular formula is C16H16N2O4. The molecule has 1 atom stereocenters. The molecule has 2 aromatic rings. The van der Waals surface area contributed by atoms with E-state index in [1.165, 1.54) is 19.2 Å². The predicted octanol–water partition coefficient (Wildman–Crippen LogP) is 1.26. The highest BCUT2D eigenvalue weighted by Gasteiger charge is 2.19. The molecule has 1 heterocycles. The molecule has 0 fully saturated rings. The molecule has 6 nitrogen and oxygen atoms in total. The number of pyridine rings is 1. The van der Waals surface area contributed by atoms with Crippen molar-refractivity contribution in [2.45, 2.75) is 5.92 Å². The number of hydrogen-bond acceptors (Lipinski definition) is 4. The number of nitrogens with one attached hydrogen (secondary N) is 1. The maximum atomic E-state index is 11.8. The van der Waals surface area contributed by atoms with Crippen LogP contribution in [0.1, 0.15) is 38.0 Å². The molecule has 1 aromatic carbocycles. The van der Waals surface area contributed by atoms with Crippen LogP contribution in [0.25, 0.3) is 0 Å². The van der Waals surface area contributed by atoms with Crippen molar-refractivity contribution in [1.82, 2.24) is 10.3 Å². The maximum absolute atomic E-state index is 11.8. The number of aliphatic hydroxyl groups excluding tert-OH is 1. The molecule has 0 spiro atoms. The Morgan fingerprint density at radius 2 is 1.91 bits per heavy atom. The molecule has 2 rings (SSSR count). The van der Waals surface area contributed by atoms with Gasteiger partial charge in [0.05, 0.1) is 17.9 Å². The van der Waals surface area contributed by atoms with Gasteiger partial charge in [-0.1, -0.05) is 30.3 Å². The van der Waals surface area contributed by atoms with Crippen LogP contribution in [0.5, 0.6) is 0 Å². The van der Waals surface area contributed by atoms with E-state index in [1.807, 2.05) is 30.3 Å². The average molecular weight is 300 g/mol. The zero-order valence-corrected chi connectivity index (χ0v) is 12.0. The number of aromatic nitrogens is 1. The van der Waals surface area contributed by atoms with E-state index < -0.39 is 17.8 Å². The second-order valence-corrected chi connectivity index (χ2v) is 4.70. The van der Waals surface area contributed by atoms with Gasteiger partial charge in [0.25, 0.3) is 5.91 Å². The Labute approximate surface area is 127 Å². The van der Waals surface area contributed by atoms with Crippen LogP contribution in [0.3, 0.4) is 0 Å². The smallest absolute Gasteiger partial charge is 0.335 e. The quantitative estimate of drug-likeness (QED) is 0.772. The van der Waals surface area contributed by atoms with Gasteiger partial charge >= 0.3 is 5.97 Å². The molecule has 1 aromatic heterocycles. The van der Waals surface area contributed by atoms with Gasteiger partial charge in [-0.3, -0.25) is 4.79 Å². The van der Waals surface area contributed by atoms with Crippen molar-refractivity contribution in [2.75, 3.05) is 13.7 Å². The minimum atomic E-state index is -1.15. The van der Waals surface area contributed by atoms with Crippen molar-refractivity contribution >= 4 is 11.9 Å². The standard InChI is InChI=1S/C16H16N2O4/c1-17-15(20)14-8-11(16(21)22)7-13(18-14)12(9-19)10-5-3-2-4-6-10/h2-8,12,19H,9H2,1H3,(H,17,20)(H,21,22). The number of carboxylic acids is 1. The highest BCUT2D eigenvalue weighted by atomic mass is 16.4. The minimum Gasteiger partial charge on any atom is -0.478 e. The van der Waals surface area contributed by atoms with Gasteiger partial charge in [0.1, 0.15) is 5.69 Å². The highest BCUT2D eigenvalue weighted by Crippen LogP contribution is 2.24. The molecule has 1 unspecified atom stereocenters. The van der Waals surface area contributed by atoms with Crippen molar-refractivity contribution in [1.29, 1.82) is 0 Å². The van der Waals surface area contributed by atoms with E-state index in [-0.39, 0.29) is 17.9 Å². The summed E-state index contributed by atoms with van der Waals surface area (Å²) in [6.07, 6.45) is 0. The van der Waals surface area contributed by atoms with E-state index >= 15 is 0 Å². The molecule has 3 N–H and O–H groups in total. The number of nitrogens with zero attached hydrogens (tertiary/aromatic N) is 1. The summed E-state index contributed by atoms with van der Waals surface area (Å²) in [5.74, 6) is -2.13. The van der Waals surface area contributed by atoms with Crippen molar-refractivity contribution < 1.29 is 19.8 Å². The van der Waals surface area contributed by atoms with E-state index in [4.69, 9.17) is 0 Å². The summed E-state index contributed by atoms with van der Waals surface area (Å²) in [6.45, 7) is -0.243.